The molecule has 5 aromatic carbocycles. The quantitative estimate of drug-likeness (QED) is 0.115. The van der Waals surface area contributed by atoms with Crippen LogP contribution >= 0.6 is 15.9 Å². The molecule has 6 rings (SSSR count). The van der Waals surface area contributed by atoms with E-state index in [0.29, 0.717) is 49.9 Å². The molecule has 0 aliphatic rings. The van der Waals surface area contributed by atoms with Gasteiger partial charge in [-0.2, -0.15) is 5.10 Å². The van der Waals surface area contributed by atoms with Gasteiger partial charge in [0.2, 0.25) is 0 Å². The first-order valence-corrected chi connectivity index (χ1v) is 14.1. The molecule has 0 saturated heterocycles. The van der Waals surface area contributed by atoms with Crippen LogP contribution in [0.5, 0.6) is 11.5 Å². The molecule has 6 aromatic rings. The van der Waals surface area contributed by atoms with Crippen molar-refractivity contribution in [1.82, 2.24) is 9.99 Å². The summed E-state index contributed by atoms with van der Waals surface area (Å²) in [6.45, 7) is 0.362. The normalized spacial score (nSPS) is 11.4. The number of carbonyl (C=O) groups is 1. The third-order valence-electron chi connectivity index (χ3n) is 7.09. The molecule has 0 radical (unpaired) electrons. The average Bonchev–Trinajstić information content (AvgIpc) is 3.02. The summed E-state index contributed by atoms with van der Waals surface area (Å²) in [6, 6.07) is 32.5. The van der Waals surface area contributed by atoms with Gasteiger partial charge in [0.25, 0.3) is 5.91 Å². The van der Waals surface area contributed by atoms with E-state index in [1.165, 1.54) is 0 Å². The lowest BCUT2D eigenvalue weighted by atomic mass is 10.1. The molecular weight excluding hydrogens is 594 g/mol. The van der Waals surface area contributed by atoms with E-state index in [9.17, 15) is 9.59 Å². The number of carbonyl (C=O) groups excluding carboxylic acids is 1. The molecule has 7 nitrogen and oxygen atoms in total. The Morgan fingerprint density at radius 2 is 1.52 bits per heavy atom. The Balaban J connectivity index is 1.19. The molecule has 0 atom stereocenters. The van der Waals surface area contributed by atoms with Gasteiger partial charge in [-0.3, -0.25) is 9.59 Å². The molecule has 8 heteroatoms. The molecule has 0 aliphatic heterocycles. The topological polar surface area (TPSA) is 81.9 Å². The summed E-state index contributed by atoms with van der Waals surface area (Å²) < 4.78 is 14.3. The summed E-state index contributed by atoms with van der Waals surface area (Å²) in [5, 5.41) is 7.59. The number of hydrazone groups is 1. The second kappa shape index (κ2) is 11.9. The molecule has 1 N–H and O–H groups in total. The lowest BCUT2D eigenvalue weighted by Gasteiger charge is -2.15. The van der Waals surface area contributed by atoms with E-state index >= 15 is 0 Å². The van der Waals surface area contributed by atoms with E-state index < -0.39 is 0 Å². The predicted molar refractivity (Wildman–Crippen MR) is 170 cm³/mol. The highest BCUT2D eigenvalue weighted by atomic mass is 79.9. The zero-order valence-electron chi connectivity index (χ0n) is 22.7. The number of methoxy groups -OCH3 is 1. The number of hydrogen-bond donors (Lipinski definition) is 1. The SMILES string of the molecule is COc1cc(/C=N\NC(=O)Cn2c3ccccc3c(=O)c3ccccc32)cc(Br)c1OCc1cccc2ccccc12. The fraction of sp³-hybridized carbons (Fsp3) is 0.0882. The van der Waals surface area contributed by atoms with Crippen LogP contribution in [0, 0.1) is 0 Å². The van der Waals surface area contributed by atoms with Crippen LogP contribution in [0.25, 0.3) is 32.6 Å². The summed E-state index contributed by atoms with van der Waals surface area (Å²) in [5.41, 5.74) is 5.70. The third-order valence-corrected chi connectivity index (χ3v) is 7.68. The van der Waals surface area contributed by atoms with Crippen LogP contribution in [0.4, 0.5) is 0 Å². The van der Waals surface area contributed by atoms with Gasteiger partial charge in [-0.05, 0) is 74.2 Å². The molecule has 0 bridgehead atoms. The van der Waals surface area contributed by atoms with Crippen LogP contribution in [-0.4, -0.2) is 23.8 Å². The van der Waals surface area contributed by atoms with Crippen LogP contribution in [0.15, 0.2) is 117 Å². The minimum Gasteiger partial charge on any atom is -0.493 e. The van der Waals surface area contributed by atoms with Crippen molar-refractivity contribution in [2.45, 2.75) is 13.2 Å². The van der Waals surface area contributed by atoms with Gasteiger partial charge in [0.05, 0.1) is 28.8 Å². The first-order chi connectivity index (χ1) is 20.5. The highest BCUT2D eigenvalue weighted by molar-refractivity contribution is 9.10. The van der Waals surface area contributed by atoms with Crippen LogP contribution in [0.2, 0.25) is 0 Å². The fourth-order valence-electron chi connectivity index (χ4n) is 5.13. The first kappa shape index (κ1) is 27.2. The number of halogens is 1. The van der Waals surface area contributed by atoms with E-state index in [-0.39, 0.29) is 17.9 Å². The van der Waals surface area contributed by atoms with Crippen molar-refractivity contribution >= 4 is 60.6 Å². The molecular formula is C34H26BrN3O4. The average molecular weight is 621 g/mol. The summed E-state index contributed by atoms with van der Waals surface area (Å²) in [6.07, 6.45) is 1.54. The van der Waals surface area contributed by atoms with Gasteiger partial charge in [-0.15, -0.1) is 0 Å². The summed E-state index contributed by atoms with van der Waals surface area (Å²) >= 11 is 3.60. The zero-order valence-corrected chi connectivity index (χ0v) is 24.3. The Hall–Kier alpha value is -4.95. The van der Waals surface area contributed by atoms with Crippen molar-refractivity contribution in [2.24, 2.45) is 5.10 Å². The molecule has 42 heavy (non-hydrogen) atoms. The molecule has 208 valence electrons. The van der Waals surface area contributed by atoms with Crippen LogP contribution in [0.1, 0.15) is 11.1 Å². The fourth-order valence-corrected chi connectivity index (χ4v) is 5.70. The Morgan fingerprint density at radius 1 is 0.881 bits per heavy atom. The number of benzene rings is 5. The van der Waals surface area contributed by atoms with Crippen LogP contribution in [0.3, 0.4) is 0 Å². The molecule has 1 heterocycles. The van der Waals surface area contributed by atoms with Crippen molar-refractivity contribution in [1.29, 1.82) is 0 Å². The number of rotatable bonds is 8. The summed E-state index contributed by atoms with van der Waals surface area (Å²) in [4.78, 5) is 25.9. The number of amides is 1. The maximum atomic E-state index is 13.0. The number of aromatic nitrogens is 1. The number of nitrogens with one attached hydrogen (secondary N) is 1. The van der Waals surface area contributed by atoms with Gasteiger partial charge < -0.3 is 14.0 Å². The number of pyridine rings is 1. The van der Waals surface area contributed by atoms with Gasteiger partial charge in [-0.1, -0.05) is 66.7 Å². The van der Waals surface area contributed by atoms with E-state index in [1.54, 1.807) is 31.5 Å². The highest BCUT2D eigenvalue weighted by Crippen LogP contribution is 2.37. The van der Waals surface area contributed by atoms with Crippen LogP contribution < -0.4 is 20.3 Å². The molecule has 0 unspecified atom stereocenters. The Kier molecular flexibility index (Phi) is 7.70. The van der Waals surface area contributed by atoms with Gasteiger partial charge in [0.15, 0.2) is 16.9 Å². The van der Waals surface area contributed by atoms with Crippen LogP contribution in [-0.2, 0) is 17.9 Å². The van der Waals surface area contributed by atoms with Gasteiger partial charge in [0.1, 0.15) is 13.2 Å². The monoisotopic (exact) mass is 619 g/mol. The van der Waals surface area contributed by atoms with Crippen molar-refractivity contribution in [3.05, 3.63) is 129 Å². The van der Waals surface area contributed by atoms with Crippen molar-refractivity contribution in [3.63, 3.8) is 0 Å². The van der Waals surface area contributed by atoms with Crippen molar-refractivity contribution in [2.75, 3.05) is 7.11 Å². The predicted octanol–water partition coefficient (Wildman–Crippen LogP) is 6.81. The highest BCUT2D eigenvalue weighted by Gasteiger charge is 2.14. The number of ether oxygens (including phenoxy) is 2. The summed E-state index contributed by atoms with van der Waals surface area (Å²) in [7, 11) is 1.58. The van der Waals surface area contributed by atoms with E-state index in [0.717, 1.165) is 16.3 Å². The van der Waals surface area contributed by atoms with E-state index in [4.69, 9.17) is 9.47 Å². The smallest absolute Gasteiger partial charge is 0.260 e. The Labute approximate surface area is 250 Å². The van der Waals surface area contributed by atoms with E-state index in [2.05, 4.69) is 44.7 Å². The number of para-hydroxylation sites is 2. The maximum Gasteiger partial charge on any atom is 0.260 e. The molecule has 0 fully saturated rings. The van der Waals surface area contributed by atoms with Gasteiger partial charge >= 0.3 is 0 Å². The Morgan fingerprint density at radius 3 is 2.24 bits per heavy atom. The maximum absolute atomic E-state index is 13.0. The minimum atomic E-state index is -0.328. The second-order valence-electron chi connectivity index (χ2n) is 9.70. The zero-order chi connectivity index (χ0) is 29.1. The number of hydrogen-bond acceptors (Lipinski definition) is 5. The summed E-state index contributed by atoms with van der Waals surface area (Å²) in [5.74, 6) is 0.776. The molecule has 0 saturated carbocycles. The largest absolute Gasteiger partial charge is 0.493 e. The first-order valence-electron chi connectivity index (χ1n) is 13.3. The van der Waals surface area contributed by atoms with Crippen molar-refractivity contribution in [3.8, 4) is 11.5 Å². The van der Waals surface area contributed by atoms with E-state index in [1.807, 2.05) is 71.3 Å². The Bertz CT molecular complexity index is 1990. The van der Waals surface area contributed by atoms with Gasteiger partial charge in [-0.25, -0.2) is 5.43 Å². The standard InChI is InChI=1S/C34H26BrN3O4/c1-41-31-18-22(17-28(35)34(31)42-21-24-11-8-10-23-9-2-3-12-25(23)24)19-36-37-32(39)20-38-29-15-6-4-13-26(29)33(40)27-14-5-7-16-30(27)38/h2-19H,20-21H2,1H3,(H,37,39)/b36-19-. The molecule has 1 aromatic heterocycles. The number of nitrogens with zero attached hydrogens (tertiary/aromatic N) is 2. The number of fused-ring (bicyclic) bond motifs is 3. The van der Waals surface area contributed by atoms with Crippen molar-refractivity contribution < 1.29 is 14.3 Å². The van der Waals surface area contributed by atoms with Gasteiger partial charge in [0, 0.05) is 10.8 Å². The minimum absolute atomic E-state index is 0.00733. The lowest BCUT2D eigenvalue weighted by Crippen LogP contribution is -2.25. The lowest BCUT2D eigenvalue weighted by molar-refractivity contribution is -0.121. The molecule has 1 amide bonds. The molecule has 0 spiro atoms. The molecule has 0 aliphatic carbocycles. The third kappa shape index (κ3) is 5.36. The second-order valence-corrected chi connectivity index (χ2v) is 10.6.